The Hall–Kier alpha value is -2.10. The molecule has 0 amide bonds. The van der Waals surface area contributed by atoms with Crippen LogP contribution in [0.2, 0.25) is 0 Å². The van der Waals surface area contributed by atoms with Crippen molar-refractivity contribution in [2.75, 3.05) is 0 Å². The first-order valence-electron chi connectivity index (χ1n) is 4.64. The molecule has 4 heteroatoms. The van der Waals surface area contributed by atoms with Gasteiger partial charge in [-0.25, -0.2) is 4.68 Å². The second kappa shape index (κ2) is 3.57. The average molecular weight is 200 g/mol. The van der Waals surface area contributed by atoms with Gasteiger partial charge in [0.15, 0.2) is 0 Å². The Morgan fingerprint density at radius 3 is 2.80 bits per heavy atom. The second-order valence-corrected chi connectivity index (χ2v) is 3.40. The van der Waals surface area contributed by atoms with E-state index in [4.69, 9.17) is 11.1 Å². The van der Waals surface area contributed by atoms with Crippen LogP contribution in [-0.2, 0) is 0 Å². The Bertz CT molecular complexity index is 499. The van der Waals surface area contributed by atoms with Gasteiger partial charge in [-0.2, -0.15) is 5.10 Å². The minimum atomic E-state index is -0.0751. The Balaban J connectivity index is 2.41. The van der Waals surface area contributed by atoms with E-state index in [1.54, 1.807) is 6.20 Å². The first-order valence-corrected chi connectivity index (χ1v) is 4.64. The highest BCUT2D eigenvalue weighted by molar-refractivity contribution is 5.77. The number of nitrogen functional groups attached to an aromatic ring is 1. The predicted octanol–water partition coefficient (Wildman–Crippen LogP) is 1.60. The van der Waals surface area contributed by atoms with Crippen LogP contribution in [0.4, 0.5) is 0 Å². The quantitative estimate of drug-likeness (QED) is 0.542. The highest BCUT2D eigenvalue weighted by Gasteiger charge is 2.03. The fourth-order valence-corrected chi connectivity index (χ4v) is 1.42. The smallest absolute Gasteiger partial charge is 0.213 e. The number of aromatic nitrogens is 2. The number of nitrogens with zero attached hydrogens (tertiary/aromatic N) is 2. The van der Waals surface area contributed by atoms with E-state index in [1.807, 2.05) is 37.3 Å². The van der Waals surface area contributed by atoms with Crippen LogP contribution >= 0.6 is 0 Å². The van der Waals surface area contributed by atoms with Crippen molar-refractivity contribution in [2.24, 2.45) is 5.73 Å². The highest BCUT2D eigenvalue weighted by Crippen LogP contribution is 2.17. The maximum Gasteiger partial charge on any atom is 0.213 e. The molecule has 0 aliphatic heterocycles. The minimum absolute atomic E-state index is 0.0751. The standard InChI is InChI=1S/C11H12N4/c1-8-3-2-4-9(7-8)10-5-6-15(14-10)11(12)13/h2-7H,1H3,(H3,12,13). The molecule has 0 bridgehead atoms. The molecular formula is C11H12N4. The normalized spacial score (nSPS) is 10.2. The Morgan fingerprint density at radius 1 is 1.40 bits per heavy atom. The lowest BCUT2D eigenvalue weighted by Gasteiger charge is -1.98. The molecule has 0 aliphatic carbocycles. The number of nitrogens with two attached hydrogens (primary N) is 1. The minimum Gasteiger partial charge on any atom is -0.368 e. The van der Waals surface area contributed by atoms with E-state index in [0.717, 1.165) is 11.3 Å². The van der Waals surface area contributed by atoms with E-state index in [-0.39, 0.29) is 5.96 Å². The Kier molecular flexibility index (Phi) is 2.25. The number of hydrogen-bond acceptors (Lipinski definition) is 2. The first kappa shape index (κ1) is 9.45. The van der Waals surface area contributed by atoms with Gasteiger partial charge in [-0.1, -0.05) is 23.8 Å². The van der Waals surface area contributed by atoms with Gasteiger partial charge < -0.3 is 5.73 Å². The molecule has 1 aromatic carbocycles. The van der Waals surface area contributed by atoms with E-state index in [1.165, 1.54) is 10.2 Å². The molecule has 0 unspecified atom stereocenters. The van der Waals surface area contributed by atoms with Gasteiger partial charge in [-0.05, 0) is 19.1 Å². The van der Waals surface area contributed by atoms with Crippen molar-refractivity contribution in [1.29, 1.82) is 5.41 Å². The van der Waals surface area contributed by atoms with Gasteiger partial charge in [0.2, 0.25) is 5.96 Å². The lowest BCUT2D eigenvalue weighted by Crippen LogP contribution is -2.20. The molecule has 0 spiro atoms. The summed E-state index contributed by atoms with van der Waals surface area (Å²) in [5, 5.41) is 11.4. The molecule has 2 aromatic rings. The summed E-state index contributed by atoms with van der Waals surface area (Å²) in [6.07, 6.45) is 1.68. The summed E-state index contributed by atoms with van der Waals surface area (Å²) in [5.41, 5.74) is 8.37. The van der Waals surface area contributed by atoms with Crippen LogP contribution in [0.5, 0.6) is 0 Å². The molecule has 3 N–H and O–H groups in total. The number of benzene rings is 1. The summed E-state index contributed by atoms with van der Waals surface area (Å²) in [5.74, 6) is -0.0751. The van der Waals surface area contributed by atoms with Crippen LogP contribution in [-0.4, -0.2) is 15.7 Å². The van der Waals surface area contributed by atoms with Crippen LogP contribution in [0.15, 0.2) is 36.5 Å². The Morgan fingerprint density at radius 2 is 2.20 bits per heavy atom. The summed E-state index contributed by atoms with van der Waals surface area (Å²) >= 11 is 0. The van der Waals surface area contributed by atoms with Gasteiger partial charge in [-0.15, -0.1) is 0 Å². The molecule has 0 atom stereocenters. The average Bonchev–Trinajstić information content (AvgIpc) is 2.66. The number of rotatable bonds is 1. The highest BCUT2D eigenvalue weighted by atomic mass is 15.3. The molecule has 1 heterocycles. The van der Waals surface area contributed by atoms with E-state index in [0.29, 0.717) is 0 Å². The van der Waals surface area contributed by atoms with Crippen molar-refractivity contribution < 1.29 is 0 Å². The molecular weight excluding hydrogens is 188 g/mol. The van der Waals surface area contributed by atoms with Crippen molar-refractivity contribution in [3.8, 4) is 11.3 Å². The van der Waals surface area contributed by atoms with Gasteiger partial charge in [0, 0.05) is 11.8 Å². The topological polar surface area (TPSA) is 67.7 Å². The van der Waals surface area contributed by atoms with Crippen LogP contribution in [0.25, 0.3) is 11.3 Å². The third kappa shape index (κ3) is 1.88. The SMILES string of the molecule is Cc1cccc(-c2ccn(C(=N)N)n2)c1. The van der Waals surface area contributed by atoms with Crippen molar-refractivity contribution in [3.63, 3.8) is 0 Å². The molecule has 0 radical (unpaired) electrons. The van der Waals surface area contributed by atoms with Gasteiger partial charge in [0.1, 0.15) is 0 Å². The number of hydrogen-bond donors (Lipinski definition) is 2. The summed E-state index contributed by atoms with van der Waals surface area (Å²) < 4.78 is 1.34. The zero-order valence-electron chi connectivity index (χ0n) is 8.44. The number of aryl methyl sites for hydroxylation is 1. The van der Waals surface area contributed by atoms with E-state index < -0.39 is 0 Å². The zero-order chi connectivity index (χ0) is 10.8. The van der Waals surface area contributed by atoms with E-state index in [9.17, 15) is 0 Å². The monoisotopic (exact) mass is 200 g/mol. The van der Waals surface area contributed by atoms with Crippen molar-refractivity contribution in [1.82, 2.24) is 9.78 Å². The predicted molar refractivity (Wildman–Crippen MR) is 59.7 cm³/mol. The molecule has 1 aromatic heterocycles. The molecule has 0 saturated carbocycles. The summed E-state index contributed by atoms with van der Waals surface area (Å²) in [6, 6.07) is 9.89. The second-order valence-electron chi connectivity index (χ2n) is 3.40. The maximum atomic E-state index is 7.23. The summed E-state index contributed by atoms with van der Waals surface area (Å²) in [4.78, 5) is 0. The van der Waals surface area contributed by atoms with Gasteiger partial charge in [0.05, 0.1) is 5.69 Å². The molecule has 76 valence electrons. The lowest BCUT2D eigenvalue weighted by atomic mass is 10.1. The van der Waals surface area contributed by atoms with Gasteiger partial charge >= 0.3 is 0 Å². The largest absolute Gasteiger partial charge is 0.368 e. The van der Waals surface area contributed by atoms with Gasteiger partial charge in [0.25, 0.3) is 0 Å². The molecule has 4 nitrogen and oxygen atoms in total. The van der Waals surface area contributed by atoms with Crippen LogP contribution < -0.4 is 5.73 Å². The molecule has 0 saturated heterocycles. The molecule has 0 fully saturated rings. The fraction of sp³-hybridized carbons (Fsp3) is 0.0909. The first-order chi connectivity index (χ1) is 7.16. The lowest BCUT2D eigenvalue weighted by molar-refractivity contribution is 0.915. The molecule has 2 rings (SSSR count). The van der Waals surface area contributed by atoms with Crippen molar-refractivity contribution in [2.45, 2.75) is 6.92 Å². The van der Waals surface area contributed by atoms with Gasteiger partial charge in [-0.3, -0.25) is 5.41 Å². The third-order valence-electron chi connectivity index (χ3n) is 2.15. The summed E-state index contributed by atoms with van der Waals surface area (Å²) in [7, 11) is 0. The van der Waals surface area contributed by atoms with Crippen LogP contribution in [0, 0.1) is 12.3 Å². The summed E-state index contributed by atoms with van der Waals surface area (Å²) in [6.45, 7) is 2.03. The third-order valence-corrected chi connectivity index (χ3v) is 2.15. The van der Waals surface area contributed by atoms with Crippen LogP contribution in [0.1, 0.15) is 5.56 Å². The van der Waals surface area contributed by atoms with Crippen molar-refractivity contribution >= 4 is 5.96 Å². The fourth-order valence-electron chi connectivity index (χ4n) is 1.42. The Labute approximate surface area is 87.9 Å². The molecule has 0 aliphatic rings. The number of nitrogens with one attached hydrogen (secondary N) is 1. The zero-order valence-corrected chi connectivity index (χ0v) is 8.44. The van der Waals surface area contributed by atoms with Crippen LogP contribution in [0.3, 0.4) is 0 Å². The molecule has 15 heavy (non-hydrogen) atoms. The maximum absolute atomic E-state index is 7.23. The van der Waals surface area contributed by atoms with Crippen molar-refractivity contribution in [3.05, 3.63) is 42.1 Å². The van der Waals surface area contributed by atoms with E-state index in [2.05, 4.69) is 5.10 Å². The van der Waals surface area contributed by atoms with E-state index >= 15 is 0 Å².